The van der Waals surface area contributed by atoms with Crippen LogP contribution in [-0.2, 0) is 6.42 Å². The van der Waals surface area contributed by atoms with Crippen LogP contribution in [0, 0.1) is 6.92 Å². The quantitative estimate of drug-likeness (QED) is 0.775. The number of hydrogen-bond acceptors (Lipinski definition) is 2. The van der Waals surface area contributed by atoms with E-state index >= 15 is 0 Å². The second kappa shape index (κ2) is 7.51. The third-order valence-electron chi connectivity index (χ3n) is 3.51. The SMILES string of the molecule is COc1cc(NC(C)CCc2cccc(C)c2)ccc1Br. The first-order valence-electron chi connectivity index (χ1n) is 7.24. The molecule has 0 bridgehead atoms. The van der Waals surface area contributed by atoms with Crippen molar-refractivity contribution in [3.8, 4) is 5.75 Å². The Balaban J connectivity index is 1.91. The normalized spacial score (nSPS) is 12.0. The molecule has 112 valence electrons. The molecule has 2 nitrogen and oxygen atoms in total. The zero-order valence-corrected chi connectivity index (χ0v) is 14.4. The summed E-state index contributed by atoms with van der Waals surface area (Å²) < 4.78 is 6.30. The first-order chi connectivity index (χ1) is 10.1. The molecule has 21 heavy (non-hydrogen) atoms. The minimum absolute atomic E-state index is 0.413. The number of rotatable bonds is 6. The molecule has 3 heteroatoms. The fourth-order valence-corrected chi connectivity index (χ4v) is 2.77. The predicted molar refractivity (Wildman–Crippen MR) is 93.3 cm³/mol. The Morgan fingerprint density at radius 2 is 2.00 bits per heavy atom. The lowest BCUT2D eigenvalue weighted by molar-refractivity contribution is 0.412. The number of ether oxygens (including phenoxy) is 1. The van der Waals surface area contributed by atoms with E-state index in [1.165, 1.54) is 11.1 Å². The summed E-state index contributed by atoms with van der Waals surface area (Å²) in [5.41, 5.74) is 3.81. The van der Waals surface area contributed by atoms with E-state index < -0.39 is 0 Å². The Hall–Kier alpha value is -1.48. The molecule has 2 rings (SSSR count). The van der Waals surface area contributed by atoms with Crippen LogP contribution in [-0.4, -0.2) is 13.2 Å². The van der Waals surface area contributed by atoms with E-state index in [1.807, 2.05) is 12.1 Å². The van der Waals surface area contributed by atoms with Gasteiger partial charge in [0.2, 0.25) is 0 Å². The van der Waals surface area contributed by atoms with Crippen molar-refractivity contribution in [2.75, 3.05) is 12.4 Å². The molecule has 1 unspecified atom stereocenters. The molecule has 0 aliphatic rings. The van der Waals surface area contributed by atoms with Gasteiger partial charge in [0.15, 0.2) is 0 Å². The minimum atomic E-state index is 0.413. The Labute approximate surface area is 135 Å². The summed E-state index contributed by atoms with van der Waals surface area (Å²) in [5, 5.41) is 3.53. The van der Waals surface area contributed by atoms with Crippen LogP contribution in [0.2, 0.25) is 0 Å². The molecule has 0 aromatic heterocycles. The Bertz CT molecular complexity index is 598. The number of benzene rings is 2. The molecule has 0 radical (unpaired) electrons. The van der Waals surface area contributed by atoms with Gasteiger partial charge >= 0.3 is 0 Å². The number of methoxy groups -OCH3 is 1. The number of anilines is 1. The highest BCUT2D eigenvalue weighted by Gasteiger charge is 2.06. The van der Waals surface area contributed by atoms with Crippen LogP contribution in [0.5, 0.6) is 5.75 Å². The summed E-state index contributed by atoms with van der Waals surface area (Å²) in [6, 6.07) is 15.2. The van der Waals surface area contributed by atoms with Crippen molar-refractivity contribution in [1.82, 2.24) is 0 Å². The van der Waals surface area contributed by atoms with E-state index in [0.29, 0.717) is 6.04 Å². The lowest BCUT2D eigenvalue weighted by Crippen LogP contribution is -2.16. The van der Waals surface area contributed by atoms with Crippen molar-refractivity contribution in [1.29, 1.82) is 0 Å². The van der Waals surface area contributed by atoms with E-state index in [2.05, 4.69) is 65.4 Å². The van der Waals surface area contributed by atoms with Crippen LogP contribution < -0.4 is 10.1 Å². The zero-order chi connectivity index (χ0) is 15.2. The topological polar surface area (TPSA) is 21.3 Å². The molecule has 1 N–H and O–H groups in total. The molecule has 0 spiro atoms. The van der Waals surface area contributed by atoms with Gasteiger partial charge in [0.25, 0.3) is 0 Å². The Kier molecular flexibility index (Phi) is 5.68. The summed E-state index contributed by atoms with van der Waals surface area (Å²) in [7, 11) is 1.69. The molecule has 0 heterocycles. The van der Waals surface area contributed by atoms with E-state index in [4.69, 9.17) is 4.74 Å². The van der Waals surface area contributed by atoms with Crippen LogP contribution in [0.15, 0.2) is 46.9 Å². The van der Waals surface area contributed by atoms with Gasteiger partial charge in [0.05, 0.1) is 11.6 Å². The summed E-state index contributed by atoms with van der Waals surface area (Å²) in [4.78, 5) is 0. The largest absolute Gasteiger partial charge is 0.495 e. The van der Waals surface area contributed by atoms with Crippen LogP contribution in [0.25, 0.3) is 0 Å². The van der Waals surface area contributed by atoms with Crippen LogP contribution >= 0.6 is 15.9 Å². The lowest BCUT2D eigenvalue weighted by atomic mass is 10.0. The maximum Gasteiger partial charge on any atom is 0.135 e. The second-order valence-electron chi connectivity index (χ2n) is 5.42. The van der Waals surface area contributed by atoms with Gasteiger partial charge in [-0.05, 0) is 60.3 Å². The molecule has 0 aliphatic carbocycles. The smallest absolute Gasteiger partial charge is 0.135 e. The summed E-state index contributed by atoms with van der Waals surface area (Å²) in [6.07, 6.45) is 2.19. The molecular formula is C18H22BrNO. The third kappa shape index (κ3) is 4.78. The monoisotopic (exact) mass is 347 g/mol. The van der Waals surface area contributed by atoms with E-state index in [9.17, 15) is 0 Å². The van der Waals surface area contributed by atoms with Crippen molar-refractivity contribution < 1.29 is 4.74 Å². The van der Waals surface area contributed by atoms with Gasteiger partial charge in [0.1, 0.15) is 5.75 Å². The Morgan fingerprint density at radius 1 is 1.19 bits per heavy atom. The zero-order valence-electron chi connectivity index (χ0n) is 12.8. The fourth-order valence-electron chi connectivity index (χ4n) is 2.36. The molecule has 2 aromatic rings. The van der Waals surface area contributed by atoms with Gasteiger partial charge < -0.3 is 10.1 Å². The van der Waals surface area contributed by atoms with Gasteiger partial charge in [-0.3, -0.25) is 0 Å². The summed E-state index contributed by atoms with van der Waals surface area (Å²) in [5.74, 6) is 0.853. The summed E-state index contributed by atoms with van der Waals surface area (Å²) in [6.45, 7) is 4.35. The first kappa shape index (κ1) is 15.9. The van der Waals surface area contributed by atoms with Gasteiger partial charge in [-0.15, -0.1) is 0 Å². The van der Waals surface area contributed by atoms with Crippen LogP contribution in [0.1, 0.15) is 24.5 Å². The van der Waals surface area contributed by atoms with E-state index in [-0.39, 0.29) is 0 Å². The maximum atomic E-state index is 5.32. The number of nitrogens with one attached hydrogen (secondary N) is 1. The van der Waals surface area contributed by atoms with Crippen molar-refractivity contribution in [3.05, 3.63) is 58.1 Å². The third-order valence-corrected chi connectivity index (χ3v) is 4.17. The Morgan fingerprint density at radius 3 is 2.71 bits per heavy atom. The van der Waals surface area contributed by atoms with Crippen molar-refractivity contribution in [2.45, 2.75) is 32.7 Å². The first-order valence-corrected chi connectivity index (χ1v) is 8.03. The minimum Gasteiger partial charge on any atom is -0.495 e. The van der Waals surface area contributed by atoms with Gasteiger partial charge in [-0.25, -0.2) is 0 Å². The van der Waals surface area contributed by atoms with Gasteiger partial charge in [-0.1, -0.05) is 29.8 Å². The number of aryl methyl sites for hydroxylation is 2. The van der Waals surface area contributed by atoms with Crippen molar-refractivity contribution >= 4 is 21.6 Å². The molecule has 0 saturated heterocycles. The highest BCUT2D eigenvalue weighted by Crippen LogP contribution is 2.28. The average molecular weight is 348 g/mol. The fraction of sp³-hybridized carbons (Fsp3) is 0.333. The predicted octanol–water partition coefficient (Wildman–Crippen LogP) is 5.20. The number of hydrogen-bond donors (Lipinski definition) is 1. The highest BCUT2D eigenvalue weighted by atomic mass is 79.9. The van der Waals surface area contributed by atoms with E-state index in [0.717, 1.165) is 28.8 Å². The highest BCUT2D eigenvalue weighted by molar-refractivity contribution is 9.10. The maximum absolute atomic E-state index is 5.32. The summed E-state index contributed by atoms with van der Waals surface area (Å²) >= 11 is 3.47. The lowest BCUT2D eigenvalue weighted by Gasteiger charge is -2.16. The molecule has 0 aliphatic heterocycles. The standard InChI is InChI=1S/C18H22BrNO/c1-13-5-4-6-15(11-13)8-7-14(2)20-16-9-10-17(19)18(12-16)21-3/h4-6,9-12,14,20H,7-8H2,1-3H3. The van der Waals surface area contributed by atoms with E-state index in [1.54, 1.807) is 7.11 Å². The molecule has 0 amide bonds. The molecule has 2 aromatic carbocycles. The second-order valence-corrected chi connectivity index (χ2v) is 6.28. The van der Waals surface area contributed by atoms with Gasteiger partial charge in [0, 0.05) is 17.8 Å². The molecule has 1 atom stereocenters. The van der Waals surface area contributed by atoms with Crippen molar-refractivity contribution in [2.24, 2.45) is 0 Å². The molecule has 0 fully saturated rings. The van der Waals surface area contributed by atoms with Crippen LogP contribution in [0.3, 0.4) is 0 Å². The number of halogens is 1. The van der Waals surface area contributed by atoms with Crippen molar-refractivity contribution in [3.63, 3.8) is 0 Å². The molecular weight excluding hydrogens is 326 g/mol. The van der Waals surface area contributed by atoms with Gasteiger partial charge in [-0.2, -0.15) is 0 Å². The molecule has 0 saturated carbocycles. The average Bonchev–Trinajstić information content (AvgIpc) is 2.47. The van der Waals surface area contributed by atoms with Crippen LogP contribution in [0.4, 0.5) is 5.69 Å².